The number of carbonyl (C=O) groups is 1. The van der Waals surface area contributed by atoms with Gasteiger partial charge in [0.2, 0.25) is 5.91 Å². The predicted molar refractivity (Wildman–Crippen MR) is 72.7 cm³/mol. The van der Waals surface area contributed by atoms with Crippen molar-refractivity contribution >= 4 is 5.91 Å². The van der Waals surface area contributed by atoms with Crippen LogP contribution in [0.4, 0.5) is 0 Å². The van der Waals surface area contributed by atoms with Crippen molar-refractivity contribution in [2.24, 2.45) is 0 Å². The van der Waals surface area contributed by atoms with Gasteiger partial charge in [0, 0.05) is 25.0 Å². The van der Waals surface area contributed by atoms with E-state index in [2.05, 4.69) is 22.2 Å². The molecule has 4 atom stereocenters. The van der Waals surface area contributed by atoms with E-state index in [1.807, 2.05) is 0 Å². The Morgan fingerprint density at radius 1 is 1.50 bits per heavy atom. The number of aromatic nitrogens is 2. The summed E-state index contributed by atoms with van der Waals surface area (Å²) in [7, 11) is 0. The largest absolute Gasteiger partial charge is 0.391 e. The second-order valence-corrected chi connectivity index (χ2v) is 5.89. The fourth-order valence-corrected chi connectivity index (χ4v) is 3.29. The molecule has 3 rings (SSSR count). The standard InChI is InChI=1S/C14H20N4O2/c1-9-4-5-14(17-9)8-18(13(14)20)11(10(2)19)12-15-6-3-7-16-12/h3,6-7,9-11,17,19H,4-5,8H2,1-2H3. The average Bonchev–Trinajstić information content (AvgIpc) is 2.83. The zero-order chi connectivity index (χ0) is 14.3. The van der Waals surface area contributed by atoms with Gasteiger partial charge in [-0.05, 0) is 32.8 Å². The van der Waals surface area contributed by atoms with E-state index in [1.165, 1.54) is 0 Å². The highest BCUT2D eigenvalue weighted by Crippen LogP contribution is 2.39. The summed E-state index contributed by atoms with van der Waals surface area (Å²) < 4.78 is 0. The van der Waals surface area contributed by atoms with Gasteiger partial charge in [0.05, 0.1) is 6.10 Å². The molecule has 6 nitrogen and oxygen atoms in total. The van der Waals surface area contributed by atoms with E-state index < -0.39 is 17.7 Å². The lowest BCUT2D eigenvalue weighted by Crippen LogP contribution is -2.73. The normalized spacial score (nSPS) is 32.2. The molecule has 0 bridgehead atoms. The third kappa shape index (κ3) is 1.99. The van der Waals surface area contributed by atoms with Gasteiger partial charge in [0.15, 0.2) is 5.82 Å². The molecular weight excluding hydrogens is 256 g/mol. The number of nitrogens with one attached hydrogen (secondary N) is 1. The third-order valence-corrected chi connectivity index (χ3v) is 4.28. The minimum Gasteiger partial charge on any atom is -0.391 e. The maximum Gasteiger partial charge on any atom is 0.245 e. The van der Waals surface area contributed by atoms with Crippen molar-refractivity contribution in [3.63, 3.8) is 0 Å². The third-order valence-electron chi connectivity index (χ3n) is 4.28. The van der Waals surface area contributed by atoms with Crippen molar-refractivity contribution in [3.05, 3.63) is 24.3 Å². The molecule has 2 N–H and O–H groups in total. The highest BCUT2D eigenvalue weighted by atomic mass is 16.3. The van der Waals surface area contributed by atoms with Crippen molar-refractivity contribution < 1.29 is 9.90 Å². The highest BCUT2D eigenvalue weighted by molar-refractivity contribution is 5.93. The van der Waals surface area contributed by atoms with Crippen molar-refractivity contribution in [2.45, 2.75) is 50.4 Å². The molecule has 2 saturated heterocycles. The Hall–Kier alpha value is -1.53. The number of rotatable bonds is 3. The Labute approximate surface area is 118 Å². The average molecular weight is 276 g/mol. The van der Waals surface area contributed by atoms with Crippen LogP contribution < -0.4 is 5.32 Å². The van der Waals surface area contributed by atoms with Crippen molar-refractivity contribution in [1.82, 2.24) is 20.2 Å². The summed E-state index contributed by atoms with van der Waals surface area (Å²) in [5, 5.41) is 13.4. The lowest BCUT2D eigenvalue weighted by molar-refractivity contribution is -0.160. The van der Waals surface area contributed by atoms with E-state index in [4.69, 9.17) is 0 Å². The lowest BCUT2D eigenvalue weighted by atomic mass is 9.84. The molecule has 0 radical (unpaired) electrons. The topological polar surface area (TPSA) is 78.3 Å². The molecule has 4 unspecified atom stereocenters. The first-order valence-corrected chi connectivity index (χ1v) is 7.07. The van der Waals surface area contributed by atoms with Gasteiger partial charge in [-0.25, -0.2) is 9.97 Å². The van der Waals surface area contributed by atoms with E-state index in [0.717, 1.165) is 12.8 Å². The molecule has 1 spiro atoms. The number of aliphatic hydroxyl groups excluding tert-OH is 1. The monoisotopic (exact) mass is 276 g/mol. The summed E-state index contributed by atoms with van der Waals surface area (Å²) in [5.74, 6) is 0.553. The number of carbonyl (C=O) groups excluding carboxylic acids is 1. The van der Waals surface area contributed by atoms with Gasteiger partial charge in [-0.1, -0.05) is 0 Å². The van der Waals surface area contributed by atoms with Crippen LogP contribution in [0.5, 0.6) is 0 Å². The second kappa shape index (κ2) is 4.79. The van der Waals surface area contributed by atoms with Crippen molar-refractivity contribution in [1.29, 1.82) is 0 Å². The number of hydrogen-bond acceptors (Lipinski definition) is 5. The van der Waals surface area contributed by atoms with Crippen LogP contribution in [0.1, 0.15) is 38.6 Å². The number of likely N-dealkylation sites (tertiary alicyclic amines) is 1. The summed E-state index contributed by atoms with van der Waals surface area (Å²) in [4.78, 5) is 22.6. The summed E-state index contributed by atoms with van der Waals surface area (Å²) in [6.07, 6.45) is 4.45. The van der Waals surface area contributed by atoms with Crippen LogP contribution in [-0.4, -0.2) is 50.1 Å². The van der Waals surface area contributed by atoms with E-state index in [1.54, 1.807) is 30.3 Å². The molecule has 2 aliphatic rings. The minimum atomic E-state index is -0.697. The molecule has 20 heavy (non-hydrogen) atoms. The van der Waals surface area contributed by atoms with Crippen LogP contribution in [0.2, 0.25) is 0 Å². The Balaban J connectivity index is 1.80. The Morgan fingerprint density at radius 2 is 2.20 bits per heavy atom. The van der Waals surface area contributed by atoms with Crippen LogP contribution in [-0.2, 0) is 4.79 Å². The van der Waals surface area contributed by atoms with Crippen LogP contribution in [0, 0.1) is 0 Å². The van der Waals surface area contributed by atoms with E-state index in [-0.39, 0.29) is 5.91 Å². The minimum absolute atomic E-state index is 0.0557. The van der Waals surface area contributed by atoms with Gasteiger partial charge in [0.25, 0.3) is 0 Å². The first-order chi connectivity index (χ1) is 9.53. The van der Waals surface area contributed by atoms with Crippen LogP contribution in [0.3, 0.4) is 0 Å². The van der Waals surface area contributed by atoms with Gasteiger partial charge < -0.3 is 10.0 Å². The number of aliphatic hydroxyl groups is 1. The van der Waals surface area contributed by atoms with E-state index in [9.17, 15) is 9.90 Å². The molecule has 108 valence electrons. The van der Waals surface area contributed by atoms with Gasteiger partial charge in [-0.15, -0.1) is 0 Å². The fourth-order valence-electron chi connectivity index (χ4n) is 3.29. The molecule has 3 heterocycles. The Morgan fingerprint density at radius 3 is 2.70 bits per heavy atom. The Bertz CT molecular complexity index is 507. The lowest BCUT2D eigenvalue weighted by Gasteiger charge is -2.50. The predicted octanol–water partition coefficient (Wildman–Crippen LogP) is 0.251. The van der Waals surface area contributed by atoms with E-state index in [0.29, 0.717) is 18.4 Å². The molecule has 1 aromatic rings. The molecule has 2 fully saturated rings. The maximum atomic E-state index is 12.5. The second-order valence-electron chi connectivity index (χ2n) is 5.89. The SMILES string of the molecule is CC1CCC2(CN(C(c3ncccn3)C(C)O)C2=O)N1. The highest BCUT2D eigenvalue weighted by Gasteiger charge is 2.57. The van der Waals surface area contributed by atoms with Crippen LogP contribution in [0.25, 0.3) is 0 Å². The number of β-lactam (4-membered cyclic amide) rings is 1. The summed E-state index contributed by atoms with van der Waals surface area (Å²) in [6.45, 7) is 4.38. The zero-order valence-electron chi connectivity index (χ0n) is 11.8. The molecule has 1 amide bonds. The quantitative estimate of drug-likeness (QED) is 0.774. The fraction of sp³-hybridized carbons (Fsp3) is 0.643. The maximum absolute atomic E-state index is 12.5. The summed E-state index contributed by atoms with van der Waals surface area (Å²) in [6, 6.07) is 1.63. The molecule has 0 saturated carbocycles. The zero-order valence-corrected chi connectivity index (χ0v) is 11.8. The van der Waals surface area contributed by atoms with Gasteiger partial charge in [-0.2, -0.15) is 0 Å². The van der Waals surface area contributed by atoms with Crippen LogP contribution in [0.15, 0.2) is 18.5 Å². The molecule has 1 aromatic heterocycles. The Kier molecular flexibility index (Phi) is 3.22. The molecule has 2 aliphatic heterocycles. The smallest absolute Gasteiger partial charge is 0.245 e. The van der Waals surface area contributed by atoms with Gasteiger partial charge >= 0.3 is 0 Å². The molecular formula is C14H20N4O2. The first kappa shape index (κ1) is 13.5. The van der Waals surface area contributed by atoms with E-state index >= 15 is 0 Å². The molecule has 0 aromatic carbocycles. The van der Waals surface area contributed by atoms with Crippen molar-refractivity contribution in [3.8, 4) is 0 Å². The molecule has 6 heteroatoms. The van der Waals surface area contributed by atoms with Crippen molar-refractivity contribution in [2.75, 3.05) is 6.54 Å². The number of nitrogens with zero attached hydrogens (tertiary/aromatic N) is 3. The van der Waals surface area contributed by atoms with Gasteiger partial charge in [0.1, 0.15) is 11.6 Å². The summed E-state index contributed by atoms with van der Waals surface area (Å²) >= 11 is 0. The number of amides is 1. The number of hydrogen-bond donors (Lipinski definition) is 2. The summed E-state index contributed by atoms with van der Waals surface area (Å²) in [5.41, 5.74) is -0.415. The van der Waals surface area contributed by atoms with Gasteiger partial charge in [-0.3, -0.25) is 10.1 Å². The first-order valence-electron chi connectivity index (χ1n) is 7.07. The van der Waals surface area contributed by atoms with Crippen LogP contribution >= 0.6 is 0 Å². The molecule has 0 aliphatic carbocycles.